The molecule has 1 aromatic heterocycles. The molecule has 29 heavy (non-hydrogen) atoms. The number of carbonyl (C=O) groups is 1. The van der Waals surface area contributed by atoms with Gasteiger partial charge in [-0.15, -0.1) is 0 Å². The summed E-state index contributed by atoms with van der Waals surface area (Å²) in [5, 5.41) is 3.62. The maximum atomic E-state index is 13.1. The summed E-state index contributed by atoms with van der Waals surface area (Å²) in [5.74, 6) is -0.325. The van der Waals surface area contributed by atoms with Gasteiger partial charge in [0, 0.05) is 39.3 Å². The molecule has 2 aromatic carbocycles. The van der Waals surface area contributed by atoms with E-state index in [0.29, 0.717) is 16.9 Å². The molecule has 3 rings (SSSR count). The molecule has 0 radical (unpaired) electrons. The van der Waals surface area contributed by atoms with Crippen molar-refractivity contribution in [2.24, 2.45) is 0 Å². The van der Waals surface area contributed by atoms with Crippen molar-refractivity contribution in [2.75, 3.05) is 38.4 Å². The second-order valence-electron chi connectivity index (χ2n) is 7.14. The predicted octanol–water partition coefficient (Wildman–Crippen LogP) is 3.11. The van der Waals surface area contributed by atoms with E-state index in [4.69, 9.17) is 0 Å². The Bertz CT molecular complexity index is 1190. The van der Waals surface area contributed by atoms with Crippen molar-refractivity contribution < 1.29 is 13.2 Å². The van der Waals surface area contributed by atoms with Gasteiger partial charge in [-0.25, -0.2) is 12.7 Å². The minimum Gasteiger partial charge on any atom is -0.376 e. The van der Waals surface area contributed by atoms with Crippen LogP contribution in [0.15, 0.2) is 53.4 Å². The van der Waals surface area contributed by atoms with Crippen molar-refractivity contribution in [1.29, 1.82) is 0 Å². The number of sulfonamides is 1. The second-order valence-corrected chi connectivity index (χ2v) is 9.30. The van der Waals surface area contributed by atoms with Crippen molar-refractivity contribution in [1.82, 2.24) is 9.29 Å². The third-order valence-corrected chi connectivity index (χ3v) is 6.38. The van der Waals surface area contributed by atoms with Crippen LogP contribution in [0.5, 0.6) is 0 Å². The molecular weight excluding hydrogens is 388 g/mol. The standard InChI is InChI=1S/C21H24N4O3S/c1-14-12-17(16-8-6-7-9-18(16)22-14)21(26)23-19-13-15(29(27,28)25(4)5)10-11-20(19)24(2)3/h6-13H,1-5H3,(H,23,26). The molecule has 8 heteroatoms. The topological polar surface area (TPSA) is 82.6 Å². The first-order chi connectivity index (χ1) is 13.6. The van der Waals surface area contributed by atoms with Gasteiger partial charge in [0.15, 0.2) is 0 Å². The molecule has 3 aromatic rings. The molecule has 0 atom stereocenters. The van der Waals surface area contributed by atoms with Gasteiger partial charge >= 0.3 is 0 Å². The Morgan fingerprint density at radius 3 is 2.34 bits per heavy atom. The number of pyridine rings is 1. The number of aromatic nitrogens is 1. The first kappa shape index (κ1) is 20.8. The van der Waals surface area contributed by atoms with E-state index in [1.807, 2.05) is 50.2 Å². The van der Waals surface area contributed by atoms with Gasteiger partial charge in [0.2, 0.25) is 10.0 Å². The normalized spacial score (nSPS) is 11.7. The Balaban J connectivity index is 2.09. The zero-order valence-corrected chi connectivity index (χ0v) is 17.9. The number of aryl methyl sites for hydroxylation is 1. The van der Waals surface area contributed by atoms with Crippen LogP contribution in [-0.4, -0.2) is 51.8 Å². The molecule has 0 fully saturated rings. The van der Waals surface area contributed by atoms with Gasteiger partial charge in [0.25, 0.3) is 5.91 Å². The smallest absolute Gasteiger partial charge is 0.256 e. The summed E-state index contributed by atoms with van der Waals surface area (Å²) in [4.78, 5) is 19.5. The Morgan fingerprint density at radius 1 is 1.00 bits per heavy atom. The molecule has 0 unspecified atom stereocenters. The molecule has 1 amide bonds. The number of rotatable bonds is 5. The lowest BCUT2D eigenvalue weighted by atomic mass is 10.1. The molecular formula is C21H24N4O3S. The van der Waals surface area contributed by atoms with Crippen LogP contribution in [0.3, 0.4) is 0 Å². The third-order valence-electron chi connectivity index (χ3n) is 4.57. The summed E-state index contributed by atoms with van der Waals surface area (Å²) in [6.45, 7) is 1.83. The summed E-state index contributed by atoms with van der Waals surface area (Å²) in [7, 11) is 2.97. The first-order valence-corrected chi connectivity index (χ1v) is 10.5. The summed E-state index contributed by atoms with van der Waals surface area (Å²) >= 11 is 0. The number of fused-ring (bicyclic) bond motifs is 1. The lowest BCUT2D eigenvalue weighted by Crippen LogP contribution is -2.23. The monoisotopic (exact) mass is 412 g/mol. The molecule has 152 valence electrons. The lowest BCUT2D eigenvalue weighted by Gasteiger charge is -2.20. The molecule has 0 aliphatic carbocycles. The van der Waals surface area contributed by atoms with Crippen molar-refractivity contribution >= 4 is 38.2 Å². The van der Waals surface area contributed by atoms with Gasteiger partial charge in [-0.2, -0.15) is 0 Å². The average Bonchev–Trinajstić information content (AvgIpc) is 2.66. The van der Waals surface area contributed by atoms with Crippen molar-refractivity contribution in [3.63, 3.8) is 0 Å². The molecule has 0 spiro atoms. The van der Waals surface area contributed by atoms with Gasteiger partial charge in [-0.05, 0) is 37.3 Å². The largest absolute Gasteiger partial charge is 0.376 e. The van der Waals surface area contributed by atoms with Gasteiger partial charge in [-0.1, -0.05) is 18.2 Å². The minimum absolute atomic E-state index is 0.110. The van der Waals surface area contributed by atoms with Crippen molar-refractivity contribution in [2.45, 2.75) is 11.8 Å². The van der Waals surface area contributed by atoms with Crippen LogP contribution in [-0.2, 0) is 10.0 Å². The number of benzene rings is 2. The molecule has 0 aliphatic heterocycles. The molecule has 7 nitrogen and oxygen atoms in total. The Morgan fingerprint density at radius 2 is 1.69 bits per heavy atom. The number of nitrogens with one attached hydrogen (secondary N) is 1. The third kappa shape index (κ3) is 4.08. The highest BCUT2D eigenvalue weighted by Gasteiger charge is 2.21. The zero-order chi connectivity index (χ0) is 21.3. The maximum Gasteiger partial charge on any atom is 0.256 e. The average molecular weight is 413 g/mol. The number of para-hydroxylation sites is 1. The van der Waals surface area contributed by atoms with Crippen LogP contribution >= 0.6 is 0 Å². The molecule has 1 heterocycles. The van der Waals surface area contributed by atoms with Crippen LogP contribution in [0.2, 0.25) is 0 Å². The number of anilines is 2. The Labute approximate surface area is 171 Å². The molecule has 0 saturated heterocycles. The fourth-order valence-electron chi connectivity index (χ4n) is 3.06. The summed E-state index contributed by atoms with van der Waals surface area (Å²) in [6.07, 6.45) is 0. The van der Waals surface area contributed by atoms with Crippen molar-refractivity contribution in [3.05, 3.63) is 59.8 Å². The van der Waals surface area contributed by atoms with Crippen LogP contribution < -0.4 is 10.2 Å². The highest BCUT2D eigenvalue weighted by Crippen LogP contribution is 2.30. The van der Waals surface area contributed by atoms with E-state index in [9.17, 15) is 13.2 Å². The van der Waals surface area contributed by atoms with E-state index in [1.54, 1.807) is 12.1 Å². The summed E-state index contributed by atoms with van der Waals surface area (Å²) in [6, 6.07) is 13.9. The first-order valence-electron chi connectivity index (χ1n) is 9.03. The molecule has 0 saturated carbocycles. The Hall–Kier alpha value is -2.97. The van der Waals surface area contributed by atoms with Gasteiger partial charge in [-0.3, -0.25) is 9.78 Å². The number of carbonyl (C=O) groups excluding carboxylic acids is 1. The van der Waals surface area contributed by atoms with Crippen LogP contribution in [0.1, 0.15) is 16.1 Å². The Kier molecular flexibility index (Phi) is 5.59. The van der Waals surface area contributed by atoms with Crippen molar-refractivity contribution in [3.8, 4) is 0 Å². The van der Waals surface area contributed by atoms with E-state index >= 15 is 0 Å². The van der Waals surface area contributed by atoms with Gasteiger partial charge in [0.05, 0.1) is 27.4 Å². The minimum atomic E-state index is -3.63. The van der Waals surface area contributed by atoms with E-state index in [1.165, 1.54) is 26.2 Å². The van der Waals surface area contributed by atoms with E-state index in [0.717, 1.165) is 20.9 Å². The van der Waals surface area contributed by atoms with Gasteiger partial charge in [0.1, 0.15) is 0 Å². The highest BCUT2D eigenvalue weighted by molar-refractivity contribution is 7.89. The summed E-state index contributed by atoms with van der Waals surface area (Å²) < 4.78 is 26.2. The van der Waals surface area contributed by atoms with Crippen LogP contribution in [0.4, 0.5) is 11.4 Å². The molecule has 1 N–H and O–H groups in total. The molecule has 0 aliphatic rings. The van der Waals surface area contributed by atoms with Crippen LogP contribution in [0, 0.1) is 6.92 Å². The lowest BCUT2D eigenvalue weighted by molar-refractivity contribution is 0.102. The zero-order valence-electron chi connectivity index (χ0n) is 17.1. The maximum absolute atomic E-state index is 13.1. The number of amides is 1. The fraction of sp³-hybridized carbons (Fsp3) is 0.238. The van der Waals surface area contributed by atoms with E-state index < -0.39 is 10.0 Å². The van der Waals surface area contributed by atoms with E-state index in [2.05, 4.69) is 10.3 Å². The number of nitrogens with zero attached hydrogens (tertiary/aromatic N) is 3. The van der Waals surface area contributed by atoms with E-state index in [-0.39, 0.29) is 10.8 Å². The van der Waals surface area contributed by atoms with Gasteiger partial charge < -0.3 is 10.2 Å². The number of hydrogen-bond donors (Lipinski definition) is 1. The quantitative estimate of drug-likeness (QED) is 0.696. The summed E-state index contributed by atoms with van der Waals surface area (Å²) in [5.41, 5.74) is 3.06. The molecule has 0 bridgehead atoms. The second kappa shape index (κ2) is 7.81. The highest BCUT2D eigenvalue weighted by atomic mass is 32.2. The van der Waals surface area contributed by atoms with Crippen LogP contribution in [0.25, 0.3) is 10.9 Å². The fourth-order valence-corrected chi connectivity index (χ4v) is 3.99. The SMILES string of the molecule is Cc1cc(C(=O)Nc2cc(S(=O)(=O)N(C)C)ccc2N(C)C)c2ccccc2n1. The predicted molar refractivity (Wildman–Crippen MR) is 116 cm³/mol. The number of hydrogen-bond acceptors (Lipinski definition) is 5.